The zero-order valence-corrected chi connectivity index (χ0v) is 18.1. The standard InChI is InChI=1S/C25H24N6O2/c1-2-24(32)29-20-5-3-4-18(14-20)25-27-16-22-15-26-23(17-31(22)25)28-19-6-8-21(9-7-19)30-10-12-33-13-11-30/h2-9,14-17,28H,1,10-13H2,(H,29,32). The van der Waals surface area contributed by atoms with E-state index in [1.807, 2.05) is 34.9 Å². The molecule has 166 valence electrons. The number of carbonyl (C=O) groups is 1. The number of amides is 1. The van der Waals surface area contributed by atoms with Crippen LogP contribution in [-0.2, 0) is 9.53 Å². The molecule has 8 nitrogen and oxygen atoms in total. The third kappa shape index (κ3) is 4.56. The number of nitrogens with zero attached hydrogens (tertiary/aromatic N) is 4. The van der Waals surface area contributed by atoms with Crippen LogP contribution >= 0.6 is 0 Å². The summed E-state index contributed by atoms with van der Waals surface area (Å²) in [6.45, 7) is 6.84. The zero-order valence-electron chi connectivity index (χ0n) is 18.1. The van der Waals surface area contributed by atoms with E-state index in [-0.39, 0.29) is 5.91 Å². The molecule has 5 rings (SSSR count). The lowest BCUT2D eigenvalue weighted by atomic mass is 10.2. The summed E-state index contributed by atoms with van der Waals surface area (Å²) in [4.78, 5) is 23.1. The molecule has 0 atom stereocenters. The van der Waals surface area contributed by atoms with Crippen LogP contribution in [-0.4, -0.2) is 46.6 Å². The molecule has 0 saturated carbocycles. The minimum Gasteiger partial charge on any atom is -0.378 e. The molecule has 1 aliphatic rings. The second kappa shape index (κ2) is 9.13. The highest BCUT2D eigenvalue weighted by atomic mass is 16.5. The van der Waals surface area contributed by atoms with Gasteiger partial charge in [-0.2, -0.15) is 0 Å². The summed E-state index contributed by atoms with van der Waals surface area (Å²) in [5.41, 5.74) is 4.58. The number of carbonyl (C=O) groups excluding carboxylic acids is 1. The molecule has 1 saturated heterocycles. The Morgan fingerprint density at radius 3 is 2.61 bits per heavy atom. The maximum absolute atomic E-state index is 11.6. The lowest BCUT2D eigenvalue weighted by molar-refractivity contribution is -0.111. The van der Waals surface area contributed by atoms with Gasteiger partial charge in [-0.3, -0.25) is 9.20 Å². The first-order chi connectivity index (χ1) is 16.2. The maximum atomic E-state index is 11.6. The van der Waals surface area contributed by atoms with Crippen LogP contribution in [0.2, 0.25) is 0 Å². The monoisotopic (exact) mass is 440 g/mol. The van der Waals surface area contributed by atoms with Crippen LogP contribution in [0.5, 0.6) is 0 Å². The number of aromatic nitrogens is 3. The Labute approximate surface area is 191 Å². The van der Waals surface area contributed by atoms with Crippen LogP contribution < -0.4 is 15.5 Å². The average Bonchev–Trinajstić information content (AvgIpc) is 3.28. The summed E-state index contributed by atoms with van der Waals surface area (Å²) in [5, 5.41) is 6.15. The van der Waals surface area contributed by atoms with Crippen LogP contribution in [0.25, 0.3) is 16.9 Å². The molecule has 0 bridgehead atoms. The molecule has 2 aromatic carbocycles. The quantitative estimate of drug-likeness (QED) is 0.439. The molecule has 1 amide bonds. The highest BCUT2D eigenvalue weighted by molar-refractivity contribution is 5.99. The van der Waals surface area contributed by atoms with Crippen molar-refractivity contribution in [1.82, 2.24) is 14.4 Å². The number of benzene rings is 2. The minimum absolute atomic E-state index is 0.254. The molecular weight excluding hydrogens is 416 g/mol. The number of rotatable bonds is 6. The van der Waals surface area contributed by atoms with Crippen LogP contribution in [0.3, 0.4) is 0 Å². The Kier molecular flexibility index (Phi) is 5.73. The van der Waals surface area contributed by atoms with Gasteiger partial charge in [-0.25, -0.2) is 9.97 Å². The molecule has 2 aromatic heterocycles. The summed E-state index contributed by atoms with van der Waals surface area (Å²) in [7, 11) is 0. The van der Waals surface area contributed by atoms with Gasteiger partial charge >= 0.3 is 0 Å². The first kappa shape index (κ1) is 20.7. The van der Waals surface area contributed by atoms with Gasteiger partial charge in [0.2, 0.25) is 5.91 Å². The lowest BCUT2D eigenvalue weighted by Gasteiger charge is -2.28. The molecule has 0 aliphatic carbocycles. The molecule has 4 aromatic rings. The minimum atomic E-state index is -0.254. The summed E-state index contributed by atoms with van der Waals surface area (Å²) in [5.74, 6) is 1.21. The molecular formula is C25H24N6O2. The Morgan fingerprint density at radius 2 is 1.82 bits per heavy atom. The Bertz CT molecular complexity index is 1290. The van der Waals surface area contributed by atoms with E-state index in [0.717, 1.165) is 48.9 Å². The predicted octanol–water partition coefficient (Wildman–Crippen LogP) is 4.10. The topological polar surface area (TPSA) is 83.8 Å². The van der Waals surface area contributed by atoms with Crippen molar-refractivity contribution in [2.75, 3.05) is 41.8 Å². The summed E-state index contributed by atoms with van der Waals surface area (Å²) >= 11 is 0. The van der Waals surface area contributed by atoms with Gasteiger partial charge in [0.1, 0.15) is 11.6 Å². The Hall–Kier alpha value is -4.17. The fourth-order valence-corrected chi connectivity index (χ4v) is 3.83. The number of morpholine rings is 1. The van der Waals surface area contributed by atoms with E-state index in [0.29, 0.717) is 11.5 Å². The first-order valence-corrected chi connectivity index (χ1v) is 10.8. The van der Waals surface area contributed by atoms with Gasteiger partial charge in [-0.05, 0) is 42.5 Å². The second-order valence-electron chi connectivity index (χ2n) is 7.69. The van der Waals surface area contributed by atoms with Crippen LogP contribution in [0.15, 0.2) is 79.8 Å². The van der Waals surface area contributed by atoms with Gasteiger partial charge < -0.3 is 20.3 Å². The fourth-order valence-electron chi connectivity index (χ4n) is 3.83. The number of fused-ring (bicyclic) bond motifs is 1. The normalized spacial score (nSPS) is 13.6. The predicted molar refractivity (Wildman–Crippen MR) is 130 cm³/mol. The summed E-state index contributed by atoms with van der Waals surface area (Å²) < 4.78 is 7.41. The zero-order chi connectivity index (χ0) is 22.6. The van der Waals surface area contributed by atoms with E-state index in [4.69, 9.17) is 4.74 Å². The van der Waals surface area contributed by atoms with Crippen molar-refractivity contribution < 1.29 is 9.53 Å². The lowest BCUT2D eigenvalue weighted by Crippen LogP contribution is -2.36. The smallest absolute Gasteiger partial charge is 0.247 e. The van der Waals surface area contributed by atoms with E-state index in [1.54, 1.807) is 12.4 Å². The SMILES string of the molecule is C=CC(=O)Nc1cccc(-c2ncc3cnc(Nc4ccc(N5CCOCC5)cc4)cn23)c1. The largest absolute Gasteiger partial charge is 0.378 e. The molecule has 3 heterocycles. The number of hydrogen-bond donors (Lipinski definition) is 2. The van der Waals surface area contributed by atoms with E-state index in [2.05, 4.69) is 56.3 Å². The highest BCUT2D eigenvalue weighted by Gasteiger charge is 2.12. The average molecular weight is 441 g/mol. The van der Waals surface area contributed by atoms with E-state index < -0.39 is 0 Å². The third-order valence-corrected chi connectivity index (χ3v) is 5.50. The van der Waals surface area contributed by atoms with Crippen molar-refractivity contribution in [3.8, 4) is 11.4 Å². The molecule has 2 N–H and O–H groups in total. The second-order valence-corrected chi connectivity index (χ2v) is 7.69. The number of hydrogen-bond acceptors (Lipinski definition) is 6. The number of ether oxygens (including phenoxy) is 1. The van der Waals surface area contributed by atoms with E-state index in [1.165, 1.54) is 11.8 Å². The van der Waals surface area contributed by atoms with Gasteiger partial charge in [0.25, 0.3) is 0 Å². The molecule has 1 aliphatic heterocycles. The summed E-state index contributed by atoms with van der Waals surface area (Å²) in [6.07, 6.45) is 6.72. The number of imidazole rings is 1. The molecule has 0 spiro atoms. The molecule has 0 radical (unpaired) electrons. The van der Waals surface area contributed by atoms with Crippen LogP contribution in [0.1, 0.15) is 0 Å². The van der Waals surface area contributed by atoms with Crippen LogP contribution in [0, 0.1) is 0 Å². The van der Waals surface area contributed by atoms with Crippen molar-refractivity contribution in [2.45, 2.75) is 0 Å². The van der Waals surface area contributed by atoms with Crippen molar-refractivity contribution in [2.24, 2.45) is 0 Å². The highest BCUT2D eigenvalue weighted by Crippen LogP contribution is 2.25. The van der Waals surface area contributed by atoms with Crippen molar-refractivity contribution in [3.05, 3.63) is 79.8 Å². The Morgan fingerprint density at radius 1 is 1.03 bits per heavy atom. The van der Waals surface area contributed by atoms with Gasteiger partial charge in [0, 0.05) is 35.7 Å². The number of nitrogens with one attached hydrogen (secondary N) is 2. The number of anilines is 4. The van der Waals surface area contributed by atoms with Crippen molar-refractivity contribution in [1.29, 1.82) is 0 Å². The van der Waals surface area contributed by atoms with Gasteiger partial charge in [0.05, 0.1) is 37.3 Å². The van der Waals surface area contributed by atoms with E-state index >= 15 is 0 Å². The Balaban J connectivity index is 1.38. The van der Waals surface area contributed by atoms with Crippen molar-refractivity contribution in [3.63, 3.8) is 0 Å². The van der Waals surface area contributed by atoms with Crippen molar-refractivity contribution >= 4 is 34.3 Å². The molecule has 8 heteroatoms. The third-order valence-electron chi connectivity index (χ3n) is 5.50. The molecule has 1 fully saturated rings. The van der Waals surface area contributed by atoms with Gasteiger partial charge in [-0.1, -0.05) is 18.7 Å². The molecule has 33 heavy (non-hydrogen) atoms. The van der Waals surface area contributed by atoms with E-state index in [9.17, 15) is 4.79 Å². The first-order valence-electron chi connectivity index (χ1n) is 10.8. The maximum Gasteiger partial charge on any atom is 0.247 e. The van der Waals surface area contributed by atoms with Crippen LogP contribution in [0.4, 0.5) is 22.9 Å². The van der Waals surface area contributed by atoms with Gasteiger partial charge in [0.15, 0.2) is 0 Å². The fraction of sp³-hybridized carbons (Fsp3) is 0.160. The molecule has 0 unspecified atom stereocenters. The summed E-state index contributed by atoms with van der Waals surface area (Å²) in [6, 6.07) is 15.9. The van der Waals surface area contributed by atoms with Gasteiger partial charge in [-0.15, -0.1) is 0 Å².